The van der Waals surface area contributed by atoms with Gasteiger partial charge in [0.1, 0.15) is 0 Å². The molecule has 0 aliphatic rings. The second-order valence-corrected chi connectivity index (χ2v) is 3.77. The molecule has 1 aromatic rings. The van der Waals surface area contributed by atoms with Crippen LogP contribution in [0, 0.1) is 6.92 Å². The first-order valence-electron chi connectivity index (χ1n) is 3.90. The molecular formula is C9H11BrClN3O. The van der Waals surface area contributed by atoms with Gasteiger partial charge in [-0.1, -0.05) is 15.9 Å². The number of aryl methyl sites for hydroxylation is 1. The number of carbonyl (C=O) groups excluding carboxylic acids is 1. The van der Waals surface area contributed by atoms with Crippen molar-refractivity contribution >= 4 is 40.2 Å². The molecule has 0 aromatic heterocycles. The summed E-state index contributed by atoms with van der Waals surface area (Å²) in [7, 11) is 0. The van der Waals surface area contributed by atoms with Crippen LogP contribution in [0.25, 0.3) is 0 Å². The fourth-order valence-corrected chi connectivity index (χ4v) is 1.65. The summed E-state index contributed by atoms with van der Waals surface area (Å²) in [6, 6.07) is 5.29. The van der Waals surface area contributed by atoms with Gasteiger partial charge in [0.15, 0.2) is 5.96 Å². The van der Waals surface area contributed by atoms with Crippen LogP contribution in [0.15, 0.2) is 27.7 Å². The number of hydrogen-bond donors (Lipinski definition) is 2. The Hall–Kier alpha value is -1.07. The molecule has 15 heavy (non-hydrogen) atoms. The lowest BCUT2D eigenvalue weighted by Crippen LogP contribution is -2.24. The molecule has 0 radical (unpaired) electrons. The summed E-state index contributed by atoms with van der Waals surface area (Å²) in [4.78, 5) is 14.8. The average molecular weight is 293 g/mol. The first kappa shape index (κ1) is 13.9. The zero-order valence-corrected chi connectivity index (χ0v) is 10.4. The summed E-state index contributed by atoms with van der Waals surface area (Å²) in [5.41, 5.74) is 11.6. The number of halogens is 2. The Morgan fingerprint density at radius 2 is 1.93 bits per heavy atom. The van der Waals surface area contributed by atoms with Crippen molar-refractivity contribution in [3.8, 4) is 0 Å². The number of aliphatic imine (C=N–C) groups is 1. The minimum atomic E-state index is -0.436. The lowest BCUT2D eigenvalue weighted by atomic mass is 10.1. The van der Waals surface area contributed by atoms with Crippen molar-refractivity contribution in [3.05, 3.63) is 33.8 Å². The molecule has 1 aromatic carbocycles. The predicted octanol–water partition coefficient (Wildman–Crippen LogP) is 1.59. The molecule has 4 N–H and O–H groups in total. The van der Waals surface area contributed by atoms with Crippen molar-refractivity contribution in [1.82, 2.24) is 0 Å². The summed E-state index contributed by atoms with van der Waals surface area (Å²) >= 11 is 3.28. The number of guanidine groups is 1. The van der Waals surface area contributed by atoms with E-state index in [1.165, 1.54) is 0 Å². The topological polar surface area (TPSA) is 81.5 Å². The maximum absolute atomic E-state index is 11.4. The van der Waals surface area contributed by atoms with Crippen LogP contribution >= 0.6 is 28.3 Å². The van der Waals surface area contributed by atoms with E-state index in [1.807, 2.05) is 13.0 Å². The van der Waals surface area contributed by atoms with Crippen molar-refractivity contribution in [3.63, 3.8) is 0 Å². The molecule has 0 aliphatic carbocycles. The molecule has 0 saturated heterocycles. The Morgan fingerprint density at radius 1 is 1.33 bits per heavy atom. The van der Waals surface area contributed by atoms with Crippen molar-refractivity contribution in [1.29, 1.82) is 0 Å². The number of nitrogens with two attached hydrogens (primary N) is 2. The van der Waals surface area contributed by atoms with E-state index in [0.29, 0.717) is 5.56 Å². The van der Waals surface area contributed by atoms with Gasteiger partial charge in [-0.25, -0.2) is 0 Å². The smallest absolute Gasteiger partial charge is 0.280 e. The quantitative estimate of drug-likeness (QED) is 0.609. The molecule has 1 rings (SSSR count). The highest BCUT2D eigenvalue weighted by atomic mass is 79.9. The van der Waals surface area contributed by atoms with Gasteiger partial charge in [-0.3, -0.25) is 4.79 Å². The Labute approximate surface area is 102 Å². The second-order valence-electron chi connectivity index (χ2n) is 2.86. The van der Waals surface area contributed by atoms with Crippen LogP contribution < -0.4 is 11.5 Å². The Kier molecular flexibility index (Phi) is 5.32. The molecule has 0 spiro atoms. The molecule has 4 nitrogen and oxygen atoms in total. The molecule has 6 heteroatoms. The van der Waals surface area contributed by atoms with E-state index in [-0.39, 0.29) is 18.4 Å². The molecule has 1 amide bonds. The maximum atomic E-state index is 11.4. The summed E-state index contributed by atoms with van der Waals surface area (Å²) in [6.45, 7) is 1.89. The summed E-state index contributed by atoms with van der Waals surface area (Å²) in [6.07, 6.45) is 0. The highest BCUT2D eigenvalue weighted by Gasteiger charge is 2.05. The zero-order valence-electron chi connectivity index (χ0n) is 8.03. The van der Waals surface area contributed by atoms with Gasteiger partial charge in [0.05, 0.1) is 0 Å². The summed E-state index contributed by atoms with van der Waals surface area (Å²) in [5, 5.41) is 0. The number of benzene rings is 1. The van der Waals surface area contributed by atoms with Crippen LogP contribution in [-0.4, -0.2) is 11.9 Å². The standard InChI is InChI=1S/C9H10BrN3O.ClH/c1-5-2-6(4-7(10)3-5)8(14)13-9(11)12;/h2-4H,1H3,(H4,11,12,13,14);1H. The third-order valence-corrected chi connectivity index (χ3v) is 1.98. The fraction of sp³-hybridized carbons (Fsp3) is 0.111. The molecule has 0 fully saturated rings. The normalized spacial score (nSPS) is 8.93. The van der Waals surface area contributed by atoms with E-state index in [2.05, 4.69) is 20.9 Å². The molecule has 0 aliphatic heterocycles. The SMILES string of the molecule is Cc1cc(Br)cc(C(=O)N=C(N)N)c1.Cl. The lowest BCUT2D eigenvalue weighted by molar-refractivity contribution is 0.100. The van der Waals surface area contributed by atoms with Crippen molar-refractivity contribution in [2.45, 2.75) is 6.92 Å². The monoisotopic (exact) mass is 291 g/mol. The van der Waals surface area contributed by atoms with Gasteiger partial charge < -0.3 is 11.5 Å². The largest absolute Gasteiger partial charge is 0.370 e. The number of rotatable bonds is 1. The van der Waals surface area contributed by atoms with Crippen LogP contribution in [0.3, 0.4) is 0 Å². The molecule has 0 unspecified atom stereocenters. The van der Waals surface area contributed by atoms with Crippen LogP contribution in [-0.2, 0) is 0 Å². The van der Waals surface area contributed by atoms with Crippen LogP contribution in [0.4, 0.5) is 0 Å². The van der Waals surface area contributed by atoms with Gasteiger partial charge in [-0.05, 0) is 30.7 Å². The predicted molar refractivity (Wildman–Crippen MR) is 66.3 cm³/mol. The first-order valence-corrected chi connectivity index (χ1v) is 4.69. The van der Waals surface area contributed by atoms with Gasteiger partial charge in [0, 0.05) is 10.0 Å². The Bertz CT molecular complexity index is 382. The highest BCUT2D eigenvalue weighted by Crippen LogP contribution is 2.15. The molecular weight excluding hydrogens is 281 g/mol. The van der Waals surface area contributed by atoms with E-state index in [9.17, 15) is 4.79 Å². The lowest BCUT2D eigenvalue weighted by Gasteiger charge is -1.99. The third kappa shape index (κ3) is 4.31. The van der Waals surface area contributed by atoms with Crippen molar-refractivity contribution in [2.75, 3.05) is 0 Å². The van der Waals surface area contributed by atoms with Gasteiger partial charge >= 0.3 is 0 Å². The molecule has 0 saturated carbocycles. The van der Waals surface area contributed by atoms with E-state index in [1.54, 1.807) is 12.1 Å². The first-order chi connectivity index (χ1) is 6.49. The van der Waals surface area contributed by atoms with Crippen LogP contribution in [0.5, 0.6) is 0 Å². The molecule has 0 atom stereocenters. The summed E-state index contributed by atoms with van der Waals surface area (Å²) < 4.78 is 0.826. The van der Waals surface area contributed by atoms with E-state index < -0.39 is 5.91 Å². The van der Waals surface area contributed by atoms with Gasteiger partial charge in [0.2, 0.25) is 0 Å². The third-order valence-electron chi connectivity index (χ3n) is 1.52. The fourth-order valence-electron chi connectivity index (χ4n) is 1.04. The van der Waals surface area contributed by atoms with Gasteiger partial charge in [0.25, 0.3) is 5.91 Å². The number of hydrogen-bond acceptors (Lipinski definition) is 1. The maximum Gasteiger partial charge on any atom is 0.280 e. The molecule has 0 heterocycles. The Morgan fingerprint density at radius 3 is 2.40 bits per heavy atom. The Balaban J connectivity index is 0.00000196. The van der Waals surface area contributed by atoms with Crippen LogP contribution in [0.1, 0.15) is 15.9 Å². The van der Waals surface area contributed by atoms with E-state index in [4.69, 9.17) is 11.5 Å². The minimum Gasteiger partial charge on any atom is -0.370 e. The number of nitrogens with zero attached hydrogens (tertiary/aromatic N) is 1. The van der Waals surface area contributed by atoms with Gasteiger partial charge in [-0.2, -0.15) is 4.99 Å². The second kappa shape index (κ2) is 5.72. The zero-order chi connectivity index (χ0) is 10.7. The minimum absolute atomic E-state index is 0. The number of carbonyl (C=O) groups is 1. The molecule has 82 valence electrons. The number of amides is 1. The van der Waals surface area contributed by atoms with E-state index >= 15 is 0 Å². The molecule has 0 bridgehead atoms. The van der Waals surface area contributed by atoms with Gasteiger partial charge in [-0.15, -0.1) is 12.4 Å². The average Bonchev–Trinajstić information content (AvgIpc) is 2.00. The summed E-state index contributed by atoms with van der Waals surface area (Å²) in [5.74, 6) is -0.665. The van der Waals surface area contributed by atoms with Crippen molar-refractivity contribution < 1.29 is 4.79 Å². The van der Waals surface area contributed by atoms with Crippen molar-refractivity contribution in [2.24, 2.45) is 16.5 Å². The van der Waals surface area contributed by atoms with E-state index in [0.717, 1.165) is 10.0 Å². The van der Waals surface area contributed by atoms with Crippen LogP contribution in [0.2, 0.25) is 0 Å². The highest BCUT2D eigenvalue weighted by molar-refractivity contribution is 9.10.